The third-order valence-electron chi connectivity index (χ3n) is 5.13. The number of carboxylic acids is 2. The van der Waals surface area contributed by atoms with Gasteiger partial charge in [-0.3, -0.25) is 4.68 Å². The molecule has 0 spiro atoms. The number of nitrogens with zero attached hydrogens (tertiary/aromatic N) is 3. The van der Waals surface area contributed by atoms with E-state index in [1.54, 1.807) is 0 Å². The molecule has 0 aromatic carbocycles. The van der Waals surface area contributed by atoms with Crippen LogP contribution in [0.15, 0.2) is 18.2 Å². The molecule has 0 bridgehead atoms. The van der Waals surface area contributed by atoms with Crippen molar-refractivity contribution < 1.29 is 24.5 Å². The monoisotopic (exact) mass is 421 g/mol. The molecule has 0 saturated heterocycles. The molecule has 2 aliphatic rings. The van der Waals surface area contributed by atoms with E-state index >= 15 is 0 Å². The van der Waals surface area contributed by atoms with Crippen molar-refractivity contribution in [3.63, 3.8) is 0 Å². The Bertz CT molecular complexity index is 657. The minimum absolute atomic E-state index is 0.558. The molecule has 2 N–H and O–H groups in total. The van der Waals surface area contributed by atoms with Crippen LogP contribution in [0.4, 0.5) is 0 Å². The Labute approximate surface area is 178 Å². The van der Waals surface area contributed by atoms with Gasteiger partial charge < -0.3 is 19.8 Å². The summed E-state index contributed by atoms with van der Waals surface area (Å²) in [5, 5.41) is 20.2. The van der Waals surface area contributed by atoms with Crippen LogP contribution in [0.1, 0.15) is 57.6 Å². The molecule has 30 heavy (non-hydrogen) atoms. The minimum atomic E-state index is -1.26. The van der Waals surface area contributed by atoms with Gasteiger partial charge in [0.15, 0.2) is 0 Å². The summed E-state index contributed by atoms with van der Waals surface area (Å²) in [6, 6.07) is 2.13. The maximum absolute atomic E-state index is 9.55. The van der Waals surface area contributed by atoms with Gasteiger partial charge in [-0.1, -0.05) is 6.92 Å². The van der Waals surface area contributed by atoms with Crippen LogP contribution in [0.2, 0.25) is 0 Å². The fraction of sp³-hybridized carbons (Fsp3) is 0.682. The lowest BCUT2D eigenvalue weighted by atomic mass is 10.1. The topological polar surface area (TPSA) is 105 Å². The van der Waals surface area contributed by atoms with Crippen LogP contribution >= 0.6 is 0 Å². The second kappa shape index (κ2) is 13.1. The number of hydrogen-bond acceptors (Lipinski definition) is 5. The number of fused-ring (bicyclic) bond motifs is 1. The van der Waals surface area contributed by atoms with Gasteiger partial charge in [-0.05, 0) is 70.4 Å². The molecule has 0 unspecified atom stereocenters. The fourth-order valence-corrected chi connectivity index (χ4v) is 3.50. The van der Waals surface area contributed by atoms with Crippen molar-refractivity contribution in [3.05, 3.63) is 23.9 Å². The zero-order valence-electron chi connectivity index (χ0n) is 18.0. The lowest BCUT2D eigenvalue weighted by molar-refractivity contribution is -0.134. The first-order chi connectivity index (χ1) is 14.5. The summed E-state index contributed by atoms with van der Waals surface area (Å²) in [5.74, 6) is -0.681. The van der Waals surface area contributed by atoms with Gasteiger partial charge in [-0.25, -0.2) is 9.59 Å². The zero-order chi connectivity index (χ0) is 21.8. The molecule has 1 aliphatic heterocycles. The van der Waals surface area contributed by atoms with Gasteiger partial charge in [0.1, 0.15) is 0 Å². The Morgan fingerprint density at radius 3 is 2.53 bits per heavy atom. The van der Waals surface area contributed by atoms with Gasteiger partial charge in [0.25, 0.3) is 0 Å². The van der Waals surface area contributed by atoms with Gasteiger partial charge in [0.2, 0.25) is 5.88 Å². The van der Waals surface area contributed by atoms with Crippen LogP contribution in [-0.2, 0) is 22.6 Å². The largest absolute Gasteiger partial charge is 0.478 e. The Morgan fingerprint density at radius 2 is 1.93 bits per heavy atom. The fourth-order valence-electron chi connectivity index (χ4n) is 3.50. The maximum Gasteiger partial charge on any atom is 0.328 e. The molecule has 1 aromatic heterocycles. The lowest BCUT2D eigenvalue weighted by Gasteiger charge is -2.21. The normalized spacial score (nSPS) is 15.5. The van der Waals surface area contributed by atoms with Crippen LogP contribution in [-0.4, -0.2) is 63.1 Å². The molecule has 1 aromatic rings. The van der Waals surface area contributed by atoms with E-state index in [9.17, 15) is 9.59 Å². The van der Waals surface area contributed by atoms with Gasteiger partial charge in [-0.15, -0.1) is 5.10 Å². The number of aliphatic carboxylic acids is 2. The second-order valence-electron chi connectivity index (χ2n) is 7.96. The number of carboxylic acid groups (broad SMARTS) is 2. The number of ether oxygens (including phenoxy) is 1. The number of aryl methyl sites for hydroxylation is 2. The van der Waals surface area contributed by atoms with E-state index in [1.165, 1.54) is 63.9 Å². The van der Waals surface area contributed by atoms with Gasteiger partial charge in [-0.2, -0.15) is 0 Å². The maximum atomic E-state index is 9.55. The van der Waals surface area contributed by atoms with Crippen LogP contribution in [0.25, 0.3) is 0 Å². The summed E-state index contributed by atoms with van der Waals surface area (Å²) in [6.07, 6.45) is 11.4. The molecule has 1 saturated carbocycles. The Kier molecular flexibility index (Phi) is 10.4. The van der Waals surface area contributed by atoms with Gasteiger partial charge >= 0.3 is 11.9 Å². The van der Waals surface area contributed by atoms with Crippen molar-refractivity contribution >= 4 is 11.9 Å². The van der Waals surface area contributed by atoms with Crippen molar-refractivity contribution in [1.29, 1.82) is 0 Å². The molecule has 168 valence electrons. The zero-order valence-corrected chi connectivity index (χ0v) is 18.0. The molecular weight excluding hydrogens is 386 g/mol. The average Bonchev–Trinajstić information content (AvgIpc) is 3.42. The smallest absolute Gasteiger partial charge is 0.328 e. The van der Waals surface area contributed by atoms with Crippen molar-refractivity contribution in [2.24, 2.45) is 5.92 Å². The van der Waals surface area contributed by atoms with Crippen molar-refractivity contribution in [2.75, 3.05) is 26.2 Å². The molecule has 1 aliphatic carbocycles. The second-order valence-corrected chi connectivity index (χ2v) is 7.96. The summed E-state index contributed by atoms with van der Waals surface area (Å²) >= 11 is 0. The molecule has 0 radical (unpaired) electrons. The standard InChI is InChI=1S/C18H31N3O.C4H4O4/c1-2-10-20(15-16-8-9-16)11-5-6-13-22-18-14-17-7-3-4-12-21(17)19-18;5-3(6)1-2-4(7)8/h14,16H,2-13,15H2,1H3;1-2H,(H,5,6)(H,7,8)/b;2-1-. The van der Waals surface area contributed by atoms with Gasteiger partial charge in [0, 0.05) is 37.0 Å². The molecule has 0 amide bonds. The average molecular weight is 422 g/mol. The molecule has 3 rings (SSSR count). The van der Waals surface area contributed by atoms with E-state index in [0.29, 0.717) is 12.2 Å². The van der Waals surface area contributed by atoms with E-state index in [4.69, 9.17) is 14.9 Å². The molecule has 0 atom stereocenters. The molecule has 1 fully saturated rings. The van der Waals surface area contributed by atoms with E-state index in [2.05, 4.69) is 27.7 Å². The predicted octanol–water partition coefficient (Wildman–Crippen LogP) is 3.21. The number of aromatic nitrogens is 2. The quantitative estimate of drug-likeness (QED) is 0.394. The summed E-state index contributed by atoms with van der Waals surface area (Å²) in [4.78, 5) is 21.8. The van der Waals surface area contributed by atoms with E-state index in [-0.39, 0.29) is 0 Å². The van der Waals surface area contributed by atoms with Crippen molar-refractivity contribution in [1.82, 2.24) is 14.7 Å². The minimum Gasteiger partial charge on any atom is -0.478 e. The van der Waals surface area contributed by atoms with E-state index in [0.717, 1.165) is 37.8 Å². The van der Waals surface area contributed by atoms with Crippen LogP contribution in [0, 0.1) is 5.92 Å². The molecular formula is C22H35N3O5. The summed E-state index contributed by atoms with van der Waals surface area (Å²) in [7, 11) is 0. The van der Waals surface area contributed by atoms with Crippen LogP contribution < -0.4 is 4.74 Å². The van der Waals surface area contributed by atoms with Crippen molar-refractivity contribution in [3.8, 4) is 5.88 Å². The van der Waals surface area contributed by atoms with Gasteiger partial charge in [0.05, 0.1) is 6.61 Å². The summed E-state index contributed by atoms with van der Waals surface area (Å²) in [6.45, 7) is 7.95. The van der Waals surface area contributed by atoms with Crippen molar-refractivity contribution in [2.45, 2.75) is 64.8 Å². The highest BCUT2D eigenvalue weighted by molar-refractivity contribution is 5.89. The molecule has 8 heteroatoms. The SMILES string of the molecule is CCCN(CCCCOc1cc2n(n1)CCCC2)CC1CC1.O=C(O)/C=C\C(=O)O. The summed E-state index contributed by atoms with van der Waals surface area (Å²) in [5.41, 5.74) is 1.35. The third-order valence-corrected chi connectivity index (χ3v) is 5.13. The predicted molar refractivity (Wildman–Crippen MR) is 114 cm³/mol. The number of rotatable bonds is 12. The van der Waals surface area contributed by atoms with Crippen LogP contribution in [0.3, 0.4) is 0 Å². The first-order valence-electron chi connectivity index (χ1n) is 11.0. The highest BCUT2D eigenvalue weighted by Gasteiger charge is 2.23. The van der Waals surface area contributed by atoms with E-state index < -0.39 is 11.9 Å². The van der Waals surface area contributed by atoms with E-state index in [1.807, 2.05) is 0 Å². The highest BCUT2D eigenvalue weighted by atomic mass is 16.5. The Hall–Kier alpha value is -2.35. The Balaban J connectivity index is 0.000000343. The molecule has 2 heterocycles. The van der Waals surface area contributed by atoms with Crippen LogP contribution in [0.5, 0.6) is 5.88 Å². The number of unbranched alkanes of at least 4 members (excludes halogenated alkanes) is 1. The summed E-state index contributed by atoms with van der Waals surface area (Å²) < 4.78 is 7.97. The third kappa shape index (κ3) is 9.91. The Morgan fingerprint density at radius 1 is 1.20 bits per heavy atom. The molecule has 8 nitrogen and oxygen atoms in total. The lowest BCUT2D eigenvalue weighted by Crippen LogP contribution is -2.28. The number of hydrogen-bond donors (Lipinski definition) is 2. The first-order valence-corrected chi connectivity index (χ1v) is 11.0. The first kappa shape index (κ1) is 23.9. The number of carbonyl (C=O) groups is 2. The highest BCUT2D eigenvalue weighted by Crippen LogP contribution is 2.29.